The molecule has 1 N–H and O–H groups in total. The van der Waals surface area contributed by atoms with E-state index in [-0.39, 0.29) is 12.6 Å². The predicted octanol–water partition coefficient (Wildman–Crippen LogP) is 1.91. The van der Waals surface area contributed by atoms with Gasteiger partial charge in [0.1, 0.15) is 5.69 Å². The van der Waals surface area contributed by atoms with Crippen LogP contribution in [0.2, 0.25) is 0 Å². The lowest BCUT2D eigenvalue weighted by Crippen LogP contribution is -2.24. The van der Waals surface area contributed by atoms with Gasteiger partial charge in [-0.1, -0.05) is 6.07 Å². The summed E-state index contributed by atoms with van der Waals surface area (Å²) in [5.41, 5.74) is 2.27. The first kappa shape index (κ1) is 19.3. The molecule has 2 heterocycles. The van der Waals surface area contributed by atoms with Crippen molar-refractivity contribution >= 4 is 5.91 Å². The van der Waals surface area contributed by atoms with Gasteiger partial charge in [0.05, 0.1) is 20.4 Å². The normalized spacial score (nSPS) is 10.6. The summed E-state index contributed by atoms with van der Waals surface area (Å²) in [5, 5.41) is 11.3. The molecule has 0 aliphatic rings. The number of benzene rings is 1. The lowest BCUT2D eigenvalue weighted by molar-refractivity contribution is 0.0943. The Labute approximate surface area is 162 Å². The van der Waals surface area contributed by atoms with E-state index in [0.29, 0.717) is 29.5 Å². The quantitative estimate of drug-likeness (QED) is 0.637. The molecule has 0 saturated heterocycles. The van der Waals surface area contributed by atoms with Crippen molar-refractivity contribution < 1.29 is 19.0 Å². The number of aromatic nitrogens is 4. The van der Waals surface area contributed by atoms with Crippen LogP contribution >= 0.6 is 0 Å². The van der Waals surface area contributed by atoms with Gasteiger partial charge in [-0.15, -0.1) is 0 Å². The van der Waals surface area contributed by atoms with Gasteiger partial charge in [0.25, 0.3) is 5.91 Å². The summed E-state index contributed by atoms with van der Waals surface area (Å²) in [6.45, 7) is 2.44. The maximum atomic E-state index is 12.3. The Morgan fingerprint density at radius 3 is 2.50 bits per heavy atom. The van der Waals surface area contributed by atoms with E-state index in [1.807, 2.05) is 20.0 Å². The fourth-order valence-corrected chi connectivity index (χ4v) is 2.63. The summed E-state index contributed by atoms with van der Waals surface area (Å²) < 4.78 is 19.7. The number of para-hydroxylation sites is 1. The Bertz CT molecular complexity index is 941. The highest BCUT2D eigenvalue weighted by Crippen LogP contribution is 2.36. The van der Waals surface area contributed by atoms with E-state index in [4.69, 9.17) is 14.2 Å². The molecule has 3 rings (SSSR count). The summed E-state index contributed by atoms with van der Waals surface area (Å²) in [4.78, 5) is 12.3. The molecule has 0 fully saturated rings. The average Bonchev–Trinajstić information content (AvgIpc) is 3.31. The number of ether oxygens (including phenoxy) is 3. The smallest absolute Gasteiger partial charge is 0.272 e. The molecule has 0 atom stereocenters. The summed E-state index contributed by atoms with van der Waals surface area (Å²) in [7, 11) is 4.98. The van der Waals surface area contributed by atoms with E-state index in [9.17, 15) is 4.79 Å². The minimum Gasteiger partial charge on any atom is -0.493 e. The zero-order chi connectivity index (χ0) is 20.1. The molecule has 28 heavy (non-hydrogen) atoms. The van der Waals surface area contributed by atoms with Gasteiger partial charge >= 0.3 is 0 Å². The minimum atomic E-state index is -0.267. The number of amides is 1. The summed E-state index contributed by atoms with van der Waals surface area (Å²) in [5.74, 6) is 1.31. The number of nitrogens with zero attached hydrogens (tertiary/aromatic N) is 4. The van der Waals surface area contributed by atoms with Crippen molar-refractivity contribution in [2.45, 2.75) is 20.2 Å². The largest absolute Gasteiger partial charge is 0.493 e. The summed E-state index contributed by atoms with van der Waals surface area (Å²) in [6, 6.07) is 7.00. The molecule has 0 bridgehead atoms. The molecule has 9 heteroatoms. The van der Waals surface area contributed by atoms with Crippen molar-refractivity contribution in [3.05, 3.63) is 53.6 Å². The first-order valence-electron chi connectivity index (χ1n) is 8.66. The Morgan fingerprint density at radius 2 is 1.89 bits per heavy atom. The molecule has 9 nitrogen and oxygen atoms in total. The lowest BCUT2D eigenvalue weighted by atomic mass is 10.2. The Balaban J connectivity index is 1.61. The SMILES string of the molecule is COc1cccc(OC)c1OCn1ccc(C(=O)NCc2cnn(C)c2C)n1. The maximum absolute atomic E-state index is 12.3. The van der Waals surface area contributed by atoms with E-state index in [0.717, 1.165) is 11.3 Å². The summed E-state index contributed by atoms with van der Waals surface area (Å²) in [6.07, 6.45) is 3.41. The minimum absolute atomic E-state index is 0.103. The van der Waals surface area contributed by atoms with Crippen LogP contribution < -0.4 is 19.5 Å². The number of hydrogen-bond donors (Lipinski definition) is 1. The first-order valence-corrected chi connectivity index (χ1v) is 8.66. The topological polar surface area (TPSA) is 92.4 Å². The van der Waals surface area contributed by atoms with E-state index in [2.05, 4.69) is 15.5 Å². The monoisotopic (exact) mass is 385 g/mol. The second-order valence-electron chi connectivity index (χ2n) is 6.07. The molecule has 148 valence electrons. The maximum Gasteiger partial charge on any atom is 0.272 e. The standard InChI is InChI=1S/C19H23N5O4/c1-13-14(11-21-23(13)2)10-20-19(25)15-8-9-24(22-15)12-28-18-16(26-3)6-5-7-17(18)27-4/h5-9,11H,10,12H2,1-4H3,(H,20,25). The van der Waals surface area contributed by atoms with Crippen molar-refractivity contribution in [3.63, 3.8) is 0 Å². The molecule has 1 aromatic carbocycles. The Hall–Kier alpha value is -3.49. The summed E-state index contributed by atoms with van der Waals surface area (Å²) >= 11 is 0. The van der Waals surface area contributed by atoms with Gasteiger partial charge in [-0.05, 0) is 25.1 Å². The first-order chi connectivity index (χ1) is 13.5. The molecule has 0 unspecified atom stereocenters. The number of rotatable bonds is 8. The number of carbonyl (C=O) groups excluding carboxylic acids is 1. The molecule has 1 amide bonds. The van der Waals surface area contributed by atoms with Crippen LogP contribution in [0.5, 0.6) is 17.2 Å². The number of methoxy groups -OCH3 is 2. The molecule has 3 aromatic rings. The van der Waals surface area contributed by atoms with Gasteiger partial charge in [-0.2, -0.15) is 10.2 Å². The third-order valence-corrected chi connectivity index (χ3v) is 4.37. The van der Waals surface area contributed by atoms with E-state index in [1.165, 1.54) is 4.68 Å². The van der Waals surface area contributed by atoms with Crippen LogP contribution in [-0.2, 0) is 20.3 Å². The molecule has 0 radical (unpaired) electrons. The van der Waals surface area contributed by atoms with Gasteiger partial charge < -0.3 is 19.5 Å². The van der Waals surface area contributed by atoms with E-state index in [1.54, 1.807) is 49.5 Å². The van der Waals surface area contributed by atoms with Crippen LogP contribution in [0.1, 0.15) is 21.7 Å². The number of hydrogen-bond acceptors (Lipinski definition) is 6. The fourth-order valence-electron chi connectivity index (χ4n) is 2.63. The average molecular weight is 385 g/mol. The van der Waals surface area contributed by atoms with Gasteiger partial charge in [0.2, 0.25) is 5.75 Å². The number of carbonyl (C=O) groups is 1. The highest BCUT2D eigenvalue weighted by Gasteiger charge is 2.14. The second-order valence-corrected chi connectivity index (χ2v) is 6.07. The lowest BCUT2D eigenvalue weighted by Gasteiger charge is -2.13. The zero-order valence-electron chi connectivity index (χ0n) is 16.3. The molecule has 2 aromatic heterocycles. The Morgan fingerprint density at radius 1 is 1.18 bits per heavy atom. The predicted molar refractivity (Wildman–Crippen MR) is 102 cm³/mol. The number of aryl methyl sites for hydroxylation is 1. The van der Waals surface area contributed by atoms with E-state index >= 15 is 0 Å². The van der Waals surface area contributed by atoms with Crippen LogP contribution in [0.25, 0.3) is 0 Å². The van der Waals surface area contributed by atoms with Gasteiger partial charge in [0, 0.05) is 31.0 Å². The third-order valence-electron chi connectivity index (χ3n) is 4.37. The van der Waals surface area contributed by atoms with Gasteiger partial charge in [-0.25, -0.2) is 4.68 Å². The zero-order valence-corrected chi connectivity index (χ0v) is 16.3. The van der Waals surface area contributed by atoms with Gasteiger partial charge in [0.15, 0.2) is 18.2 Å². The molecule has 0 aliphatic heterocycles. The molecular formula is C19H23N5O4. The van der Waals surface area contributed by atoms with Crippen LogP contribution in [0.15, 0.2) is 36.7 Å². The fraction of sp³-hybridized carbons (Fsp3) is 0.316. The van der Waals surface area contributed by atoms with Crippen LogP contribution in [0.3, 0.4) is 0 Å². The molecule has 0 saturated carbocycles. The van der Waals surface area contributed by atoms with Crippen molar-refractivity contribution in [1.82, 2.24) is 24.9 Å². The van der Waals surface area contributed by atoms with Crippen LogP contribution in [0, 0.1) is 6.92 Å². The third kappa shape index (κ3) is 4.08. The number of nitrogens with one attached hydrogen (secondary N) is 1. The molecule has 0 spiro atoms. The van der Waals surface area contributed by atoms with Crippen LogP contribution in [-0.4, -0.2) is 39.7 Å². The van der Waals surface area contributed by atoms with Crippen molar-refractivity contribution in [2.75, 3.05) is 14.2 Å². The van der Waals surface area contributed by atoms with Gasteiger partial charge in [-0.3, -0.25) is 9.48 Å². The highest BCUT2D eigenvalue weighted by molar-refractivity contribution is 5.92. The molecule has 0 aliphatic carbocycles. The highest BCUT2D eigenvalue weighted by atomic mass is 16.5. The van der Waals surface area contributed by atoms with Crippen molar-refractivity contribution in [1.29, 1.82) is 0 Å². The van der Waals surface area contributed by atoms with E-state index < -0.39 is 0 Å². The Kier molecular flexibility index (Phi) is 5.83. The molecular weight excluding hydrogens is 362 g/mol. The van der Waals surface area contributed by atoms with Crippen LogP contribution in [0.4, 0.5) is 0 Å². The van der Waals surface area contributed by atoms with Crippen molar-refractivity contribution in [2.24, 2.45) is 7.05 Å². The van der Waals surface area contributed by atoms with Crippen molar-refractivity contribution in [3.8, 4) is 17.2 Å². The second kappa shape index (κ2) is 8.47.